The highest BCUT2D eigenvalue weighted by atomic mass is 16.5. The Kier molecular flexibility index (Phi) is 3.21. The summed E-state index contributed by atoms with van der Waals surface area (Å²) in [7, 11) is 1.71. The van der Waals surface area contributed by atoms with Crippen LogP contribution in [0.4, 0.5) is 0 Å². The van der Waals surface area contributed by atoms with Gasteiger partial charge in [-0.3, -0.25) is 0 Å². The zero-order chi connectivity index (χ0) is 15.9. The Labute approximate surface area is 136 Å². The van der Waals surface area contributed by atoms with Crippen molar-refractivity contribution in [2.75, 3.05) is 7.11 Å². The topological polar surface area (TPSA) is 29.5 Å². The third kappa shape index (κ3) is 1.92. The Balaban J connectivity index is 2.12. The number of para-hydroxylation sites is 1. The molecule has 0 heterocycles. The standard InChI is InChI=1S/C21H18O2/c1-23-21(19-12-6-7-13-20(19)22)17-10-4-2-8-15(17)14-16-9-3-5-11-18(16)21/h2-13,22H,14H2,1H3. The molecule has 2 heteroatoms. The predicted molar refractivity (Wildman–Crippen MR) is 90.7 cm³/mol. The van der Waals surface area contributed by atoms with Crippen molar-refractivity contribution >= 4 is 0 Å². The SMILES string of the molecule is COC1(c2ccccc2O)c2ccccc2Cc2ccccc21. The van der Waals surface area contributed by atoms with E-state index in [1.165, 1.54) is 11.1 Å². The van der Waals surface area contributed by atoms with Gasteiger partial charge in [0.15, 0.2) is 0 Å². The lowest BCUT2D eigenvalue weighted by molar-refractivity contribution is 0.0531. The van der Waals surface area contributed by atoms with Gasteiger partial charge in [0, 0.05) is 12.7 Å². The molecule has 0 fully saturated rings. The smallest absolute Gasteiger partial charge is 0.147 e. The van der Waals surface area contributed by atoms with Crippen molar-refractivity contribution in [2.24, 2.45) is 0 Å². The van der Waals surface area contributed by atoms with E-state index in [1.807, 2.05) is 30.3 Å². The molecule has 0 saturated carbocycles. The molecule has 3 aromatic rings. The van der Waals surface area contributed by atoms with Gasteiger partial charge in [0.1, 0.15) is 11.4 Å². The average molecular weight is 302 g/mol. The molecule has 1 aliphatic rings. The van der Waals surface area contributed by atoms with Gasteiger partial charge in [0.2, 0.25) is 0 Å². The van der Waals surface area contributed by atoms with Gasteiger partial charge in [-0.05, 0) is 34.7 Å². The van der Waals surface area contributed by atoms with Crippen molar-refractivity contribution in [1.29, 1.82) is 0 Å². The van der Waals surface area contributed by atoms with Crippen LogP contribution in [-0.2, 0) is 16.8 Å². The molecule has 23 heavy (non-hydrogen) atoms. The molecular formula is C21H18O2. The molecule has 0 unspecified atom stereocenters. The molecule has 0 bridgehead atoms. The highest BCUT2D eigenvalue weighted by molar-refractivity contribution is 5.60. The lowest BCUT2D eigenvalue weighted by Gasteiger charge is -2.40. The maximum absolute atomic E-state index is 10.5. The second-order valence-corrected chi connectivity index (χ2v) is 5.89. The number of rotatable bonds is 2. The number of fused-ring (bicyclic) bond motifs is 2. The van der Waals surface area contributed by atoms with Crippen molar-refractivity contribution in [3.63, 3.8) is 0 Å². The van der Waals surface area contributed by atoms with E-state index < -0.39 is 5.60 Å². The van der Waals surface area contributed by atoms with Gasteiger partial charge in [-0.25, -0.2) is 0 Å². The minimum Gasteiger partial charge on any atom is -0.508 e. The van der Waals surface area contributed by atoms with E-state index in [0.717, 1.165) is 23.1 Å². The van der Waals surface area contributed by atoms with Crippen molar-refractivity contribution in [1.82, 2.24) is 0 Å². The van der Waals surface area contributed by atoms with Crippen LogP contribution in [0.2, 0.25) is 0 Å². The first-order valence-electron chi connectivity index (χ1n) is 7.78. The molecule has 0 saturated heterocycles. The molecule has 0 aliphatic heterocycles. The molecule has 2 nitrogen and oxygen atoms in total. The zero-order valence-electron chi connectivity index (χ0n) is 13.0. The summed E-state index contributed by atoms with van der Waals surface area (Å²) < 4.78 is 6.14. The van der Waals surface area contributed by atoms with Crippen LogP contribution in [0.1, 0.15) is 27.8 Å². The largest absolute Gasteiger partial charge is 0.508 e. The van der Waals surface area contributed by atoms with Gasteiger partial charge in [-0.1, -0.05) is 66.7 Å². The Hall–Kier alpha value is -2.58. The summed E-state index contributed by atoms with van der Waals surface area (Å²) in [5.41, 5.74) is 4.66. The van der Waals surface area contributed by atoms with Crippen LogP contribution in [0.15, 0.2) is 72.8 Å². The molecule has 114 valence electrons. The number of hydrogen-bond donors (Lipinski definition) is 1. The van der Waals surface area contributed by atoms with Crippen molar-refractivity contribution in [3.8, 4) is 5.75 Å². The van der Waals surface area contributed by atoms with Crippen molar-refractivity contribution < 1.29 is 9.84 Å². The van der Waals surface area contributed by atoms with Crippen LogP contribution < -0.4 is 0 Å². The summed E-state index contributed by atoms with van der Waals surface area (Å²) in [5.74, 6) is 0.251. The Bertz CT molecular complexity index is 804. The monoisotopic (exact) mass is 302 g/mol. The fourth-order valence-electron chi connectivity index (χ4n) is 3.78. The second-order valence-electron chi connectivity index (χ2n) is 5.89. The molecule has 1 N–H and O–H groups in total. The third-order valence-corrected chi connectivity index (χ3v) is 4.76. The third-order valence-electron chi connectivity index (χ3n) is 4.76. The Morgan fingerprint density at radius 1 is 0.739 bits per heavy atom. The normalized spacial score (nSPS) is 14.8. The quantitative estimate of drug-likeness (QED) is 0.767. The molecule has 0 radical (unpaired) electrons. The van der Waals surface area contributed by atoms with Crippen LogP contribution in [0.5, 0.6) is 5.75 Å². The lowest BCUT2D eigenvalue weighted by atomic mass is 9.71. The number of benzene rings is 3. The number of aromatic hydroxyl groups is 1. The molecule has 0 aromatic heterocycles. The van der Waals surface area contributed by atoms with Crippen molar-refractivity contribution in [3.05, 3.63) is 101 Å². The second kappa shape index (κ2) is 5.25. The van der Waals surface area contributed by atoms with Crippen LogP contribution in [0, 0.1) is 0 Å². The summed E-state index contributed by atoms with van der Waals surface area (Å²) in [4.78, 5) is 0. The predicted octanol–water partition coefficient (Wildman–Crippen LogP) is 4.23. The number of methoxy groups -OCH3 is 1. The summed E-state index contributed by atoms with van der Waals surface area (Å²) in [6.45, 7) is 0. The van der Waals surface area contributed by atoms with Gasteiger partial charge in [0.25, 0.3) is 0 Å². The fourth-order valence-corrected chi connectivity index (χ4v) is 3.78. The fraction of sp³-hybridized carbons (Fsp3) is 0.143. The van der Waals surface area contributed by atoms with Gasteiger partial charge in [-0.15, -0.1) is 0 Å². The lowest BCUT2D eigenvalue weighted by Crippen LogP contribution is -2.36. The molecule has 1 aliphatic carbocycles. The van der Waals surface area contributed by atoms with Gasteiger partial charge >= 0.3 is 0 Å². The van der Waals surface area contributed by atoms with Gasteiger partial charge in [-0.2, -0.15) is 0 Å². The van der Waals surface area contributed by atoms with E-state index >= 15 is 0 Å². The van der Waals surface area contributed by atoms with Crippen LogP contribution in [0.25, 0.3) is 0 Å². The molecule has 0 amide bonds. The number of hydrogen-bond acceptors (Lipinski definition) is 2. The summed E-state index contributed by atoms with van der Waals surface area (Å²) in [6.07, 6.45) is 0.880. The Morgan fingerprint density at radius 2 is 1.22 bits per heavy atom. The minimum atomic E-state index is -0.781. The summed E-state index contributed by atoms with van der Waals surface area (Å²) >= 11 is 0. The number of phenolic OH excluding ortho intramolecular Hbond substituents is 1. The van der Waals surface area contributed by atoms with Gasteiger partial charge < -0.3 is 9.84 Å². The van der Waals surface area contributed by atoms with Gasteiger partial charge in [0.05, 0.1) is 0 Å². The molecule has 4 rings (SSSR count). The van der Waals surface area contributed by atoms with Crippen LogP contribution in [0.3, 0.4) is 0 Å². The highest BCUT2D eigenvalue weighted by Crippen LogP contribution is 2.48. The molecule has 0 atom stereocenters. The van der Waals surface area contributed by atoms with E-state index in [9.17, 15) is 5.11 Å². The first-order valence-corrected chi connectivity index (χ1v) is 7.78. The van der Waals surface area contributed by atoms with E-state index in [2.05, 4.69) is 36.4 Å². The Morgan fingerprint density at radius 3 is 1.74 bits per heavy atom. The minimum absolute atomic E-state index is 0.251. The highest BCUT2D eigenvalue weighted by Gasteiger charge is 2.43. The number of ether oxygens (including phenoxy) is 1. The summed E-state index contributed by atoms with van der Waals surface area (Å²) in [5, 5.41) is 10.5. The molecule has 0 spiro atoms. The summed E-state index contributed by atoms with van der Waals surface area (Å²) in [6, 6.07) is 24.1. The van der Waals surface area contributed by atoms with E-state index in [0.29, 0.717) is 0 Å². The average Bonchev–Trinajstić information content (AvgIpc) is 2.60. The number of phenols is 1. The van der Waals surface area contributed by atoms with Crippen molar-refractivity contribution in [2.45, 2.75) is 12.0 Å². The van der Waals surface area contributed by atoms with E-state index in [1.54, 1.807) is 13.2 Å². The van der Waals surface area contributed by atoms with Crippen LogP contribution in [-0.4, -0.2) is 12.2 Å². The maximum Gasteiger partial charge on any atom is 0.147 e. The molecule has 3 aromatic carbocycles. The van der Waals surface area contributed by atoms with E-state index in [-0.39, 0.29) is 5.75 Å². The molecular weight excluding hydrogens is 284 g/mol. The van der Waals surface area contributed by atoms with E-state index in [4.69, 9.17) is 4.74 Å². The first-order chi connectivity index (χ1) is 11.3. The van der Waals surface area contributed by atoms with Crippen LogP contribution >= 0.6 is 0 Å². The first kappa shape index (κ1) is 14.0. The zero-order valence-corrected chi connectivity index (χ0v) is 13.0. The maximum atomic E-state index is 10.5.